The molecule has 0 atom stereocenters. The second-order valence-electron chi connectivity index (χ2n) is 6.55. The molecule has 0 spiro atoms. The van der Waals surface area contributed by atoms with Crippen LogP contribution in [0.1, 0.15) is 34.1 Å². The van der Waals surface area contributed by atoms with Crippen molar-refractivity contribution in [1.29, 1.82) is 0 Å². The molecule has 1 amide bonds. The summed E-state index contributed by atoms with van der Waals surface area (Å²) in [4.78, 5) is 16.7. The van der Waals surface area contributed by atoms with Gasteiger partial charge in [-0.1, -0.05) is 11.6 Å². The Balaban J connectivity index is 1.57. The highest BCUT2D eigenvalue weighted by molar-refractivity contribution is 7.92. The van der Waals surface area contributed by atoms with Crippen LogP contribution in [-0.4, -0.2) is 19.3 Å². The molecule has 29 heavy (non-hydrogen) atoms. The first-order valence-electron chi connectivity index (χ1n) is 8.66. The molecule has 0 aliphatic heterocycles. The van der Waals surface area contributed by atoms with E-state index in [0.717, 1.165) is 30.7 Å². The predicted molar refractivity (Wildman–Crippen MR) is 111 cm³/mol. The van der Waals surface area contributed by atoms with E-state index >= 15 is 0 Å². The van der Waals surface area contributed by atoms with E-state index < -0.39 is 26.6 Å². The zero-order valence-corrected chi connectivity index (χ0v) is 17.2. The number of benzene rings is 2. The predicted octanol–water partition coefficient (Wildman–Crippen LogP) is 4.87. The molecular weight excluding hydrogens is 437 g/mol. The molecule has 6 nitrogen and oxygen atoms in total. The van der Waals surface area contributed by atoms with Crippen LogP contribution in [0.25, 0.3) is 0 Å². The average molecular weight is 452 g/mol. The van der Waals surface area contributed by atoms with Crippen LogP contribution in [0.4, 0.5) is 15.8 Å². The largest absolute Gasteiger partial charge is 0.321 e. The summed E-state index contributed by atoms with van der Waals surface area (Å²) in [6.07, 6.45) is 2.00. The standard InChI is InChI=1S/C19H15ClFN3O3S2/c20-12-3-5-13(6-4-12)24-29(26,27)16-9-14(7-8-15(16)21)23-19(25)18-17(11-1-2-11)22-10-28-18/h3-11,24H,1-2H2,(H,23,25). The van der Waals surface area contributed by atoms with Crippen LogP contribution in [0, 0.1) is 5.82 Å². The molecule has 3 aromatic rings. The van der Waals surface area contributed by atoms with Crippen LogP contribution in [0.5, 0.6) is 0 Å². The summed E-state index contributed by atoms with van der Waals surface area (Å²) < 4.78 is 41.8. The van der Waals surface area contributed by atoms with Gasteiger partial charge in [0.1, 0.15) is 15.6 Å². The van der Waals surface area contributed by atoms with Crippen molar-refractivity contribution in [3.63, 3.8) is 0 Å². The van der Waals surface area contributed by atoms with Crippen molar-refractivity contribution in [2.45, 2.75) is 23.7 Å². The number of hydrogen-bond donors (Lipinski definition) is 2. The molecule has 1 heterocycles. The summed E-state index contributed by atoms with van der Waals surface area (Å²) in [6.45, 7) is 0. The van der Waals surface area contributed by atoms with Crippen molar-refractivity contribution in [3.05, 3.63) is 69.4 Å². The highest BCUT2D eigenvalue weighted by Crippen LogP contribution is 2.42. The fraction of sp³-hybridized carbons (Fsp3) is 0.158. The third-order valence-corrected chi connectivity index (χ3v) is 6.83. The maximum Gasteiger partial charge on any atom is 0.267 e. The molecule has 10 heteroatoms. The van der Waals surface area contributed by atoms with E-state index in [1.54, 1.807) is 5.51 Å². The second-order valence-corrected chi connectivity index (χ2v) is 9.49. The Bertz CT molecular complexity index is 1180. The fourth-order valence-electron chi connectivity index (χ4n) is 2.78. The lowest BCUT2D eigenvalue weighted by molar-refractivity contribution is 0.102. The van der Waals surface area contributed by atoms with E-state index in [1.807, 2.05) is 0 Å². The van der Waals surface area contributed by atoms with Gasteiger partial charge in [-0.2, -0.15) is 0 Å². The van der Waals surface area contributed by atoms with Crippen LogP contribution >= 0.6 is 22.9 Å². The number of hydrogen-bond acceptors (Lipinski definition) is 5. The number of rotatable bonds is 6. The Morgan fingerprint density at radius 1 is 1.14 bits per heavy atom. The normalized spacial score (nSPS) is 13.9. The topological polar surface area (TPSA) is 88.2 Å². The summed E-state index contributed by atoms with van der Waals surface area (Å²) in [5.41, 5.74) is 2.77. The molecule has 1 fully saturated rings. The maximum atomic E-state index is 14.3. The molecule has 0 saturated heterocycles. The number of halogens is 2. The summed E-state index contributed by atoms with van der Waals surface area (Å²) in [5, 5.41) is 3.08. The minimum Gasteiger partial charge on any atom is -0.321 e. The lowest BCUT2D eigenvalue weighted by Gasteiger charge is -2.11. The number of amides is 1. The zero-order valence-electron chi connectivity index (χ0n) is 14.9. The van der Waals surface area contributed by atoms with E-state index in [2.05, 4.69) is 15.0 Å². The van der Waals surface area contributed by atoms with Crippen molar-refractivity contribution in [2.24, 2.45) is 0 Å². The first-order chi connectivity index (χ1) is 13.8. The van der Waals surface area contributed by atoms with E-state index in [-0.39, 0.29) is 11.4 Å². The molecular formula is C19H15ClFN3O3S2. The Morgan fingerprint density at radius 2 is 1.83 bits per heavy atom. The minimum absolute atomic E-state index is 0.169. The molecule has 1 aliphatic carbocycles. The number of carbonyl (C=O) groups excluding carboxylic acids is 1. The quantitative estimate of drug-likeness (QED) is 0.559. The van der Waals surface area contributed by atoms with Crippen molar-refractivity contribution < 1.29 is 17.6 Å². The Kier molecular flexibility index (Phi) is 5.28. The Hall–Kier alpha value is -2.49. The first kappa shape index (κ1) is 19.8. The van der Waals surface area contributed by atoms with Crippen molar-refractivity contribution in [1.82, 2.24) is 4.98 Å². The van der Waals surface area contributed by atoms with Gasteiger partial charge in [0, 0.05) is 22.3 Å². The van der Waals surface area contributed by atoms with Crippen LogP contribution in [-0.2, 0) is 10.0 Å². The molecule has 4 rings (SSSR count). The summed E-state index contributed by atoms with van der Waals surface area (Å²) in [7, 11) is -4.21. The van der Waals surface area contributed by atoms with Gasteiger partial charge in [-0.15, -0.1) is 11.3 Å². The molecule has 0 bridgehead atoms. The minimum atomic E-state index is -4.21. The second kappa shape index (κ2) is 7.74. The average Bonchev–Trinajstić information content (AvgIpc) is 3.41. The van der Waals surface area contributed by atoms with Gasteiger partial charge in [0.15, 0.2) is 0 Å². The van der Waals surface area contributed by atoms with E-state index in [4.69, 9.17) is 11.6 Å². The molecule has 2 aromatic carbocycles. The molecule has 150 valence electrons. The van der Waals surface area contributed by atoms with Gasteiger partial charge >= 0.3 is 0 Å². The maximum absolute atomic E-state index is 14.3. The lowest BCUT2D eigenvalue weighted by Crippen LogP contribution is -2.16. The summed E-state index contributed by atoms with van der Waals surface area (Å²) >= 11 is 7.01. The van der Waals surface area contributed by atoms with Gasteiger partial charge in [0.05, 0.1) is 11.2 Å². The van der Waals surface area contributed by atoms with Gasteiger partial charge < -0.3 is 5.32 Å². The number of carbonyl (C=O) groups is 1. The van der Waals surface area contributed by atoms with Crippen LogP contribution in [0.2, 0.25) is 5.02 Å². The third-order valence-electron chi connectivity index (χ3n) is 4.34. The molecule has 0 radical (unpaired) electrons. The number of sulfonamides is 1. The zero-order chi connectivity index (χ0) is 20.6. The molecule has 2 N–H and O–H groups in total. The van der Waals surface area contributed by atoms with E-state index in [9.17, 15) is 17.6 Å². The molecule has 1 aliphatic rings. The molecule has 1 saturated carbocycles. The number of nitrogens with one attached hydrogen (secondary N) is 2. The van der Waals surface area contributed by atoms with Gasteiger partial charge in [-0.25, -0.2) is 17.8 Å². The Morgan fingerprint density at radius 3 is 2.52 bits per heavy atom. The number of aromatic nitrogens is 1. The van der Waals surface area contributed by atoms with Gasteiger partial charge in [-0.05, 0) is 55.3 Å². The first-order valence-corrected chi connectivity index (χ1v) is 11.4. The monoisotopic (exact) mass is 451 g/mol. The molecule has 1 aromatic heterocycles. The molecule has 0 unspecified atom stereocenters. The van der Waals surface area contributed by atoms with Gasteiger partial charge in [0.2, 0.25) is 0 Å². The van der Waals surface area contributed by atoms with Crippen LogP contribution in [0.15, 0.2) is 52.9 Å². The Labute approximate surface area is 175 Å². The number of nitrogens with zero attached hydrogens (tertiary/aromatic N) is 1. The fourth-order valence-corrected chi connectivity index (χ4v) is 4.83. The highest BCUT2D eigenvalue weighted by Gasteiger charge is 2.31. The van der Waals surface area contributed by atoms with Crippen LogP contribution < -0.4 is 10.0 Å². The van der Waals surface area contributed by atoms with Crippen LogP contribution in [0.3, 0.4) is 0 Å². The number of anilines is 2. The van der Waals surface area contributed by atoms with Gasteiger partial charge in [-0.3, -0.25) is 9.52 Å². The van der Waals surface area contributed by atoms with Crippen molar-refractivity contribution in [2.75, 3.05) is 10.0 Å². The van der Waals surface area contributed by atoms with Gasteiger partial charge in [0.25, 0.3) is 15.9 Å². The van der Waals surface area contributed by atoms with Crippen molar-refractivity contribution in [3.8, 4) is 0 Å². The summed E-state index contributed by atoms with van der Waals surface area (Å²) in [5.74, 6) is -1.02. The smallest absolute Gasteiger partial charge is 0.267 e. The van der Waals surface area contributed by atoms with E-state index in [1.165, 1.54) is 41.7 Å². The lowest BCUT2D eigenvalue weighted by atomic mass is 10.2. The summed E-state index contributed by atoms with van der Waals surface area (Å²) in [6, 6.07) is 9.35. The third kappa shape index (κ3) is 4.42. The van der Waals surface area contributed by atoms with E-state index in [0.29, 0.717) is 15.8 Å². The SMILES string of the molecule is O=C(Nc1ccc(F)c(S(=O)(=O)Nc2ccc(Cl)cc2)c1)c1scnc1C1CC1. The van der Waals surface area contributed by atoms with Crippen molar-refractivity contribution >= 4 is 50.2 Å². The highest BCUT2D eigenvalue weighted by atomic mass is 35.5. The number of thiazole rings is 1.